The van der Waals surface area contributed by atoms with Gasteiger partial charge in [0.2, 0.25) is 0 Å². The Morgan fingerprint density at radius 1 is 1.57 bits per heavy atom. The molecule has 0 aromatic carbocycles. The molecule has 1 atom stereocenters. The van der Waals surface area contributed by atoms with Gasteiger partial charge in [-0.15, -0.1) is 11.3 Å². The van der Waals surface area contributed by atoms with Crippen molar-refractivity contribution >= 4 is 21.4 Å². The largest absolute Gasteiger partial charge is 0.377 e. The van der Waals surface area contributed by atoms with E-state index < -0.39 is 10.0 Å². The van der Waals surface area contributed by atoms with Gasteiger partial charge in [0.25, 0.3) is 10.0 Å². The highest BCUT2D eigenvalue weighted by Gasteiger charge is 2.29. The first-order valence-electron chi connectivity index (χ1n) is 6.58. The van der Waals surface area contributed by atoms with Crippen molar-refractivity contribution in [2.75, 3.05) is 7.11 Å². The van der Waals surface area contributed by atoms with Crippen molar-refractivity contribution in [3.8, 4) is 0 Å². The van der Waals surface area contributed by atoms with Gasteiger partial charge in [0.15, 0.2) is 5.82 Å². The van der Waals surface area contributed by atoms with Crippen LogP contribution >= 0.6 is 11.3 Å². The topological polar surface area (TPSA) is 86.1 Å². The summed E-state index contributed by atoms with van der Waals surface area (Å²) in [6, 6.07) is 2.97. The number of hydrogen-bond acceptors (Lipinski definition) is 6. The van der Waals surface area contributed by atoms with E-state index in [1.54, 1.807) is 29.3 Å². The van der Waals surface area contributed by atoms with Crippen molar-refractivity contribution < 1.29 is 13.2 Å². The number of nitrogens with one attached hydrogen (secondary N) is 1. The van der Waals surface area contributed by atoms with Gasteiger partial charge < -0.3 is 4.74 Å². The average Bonchev–Trinajstić information content (AvgIpc) is 3.07. The van der Waals surface area contributed by atoms with Gasteiger partial charge in [-0.05, 0) is 24.3 Å². The molecule has 0 saturated heterocycles. The summed E-state index contributed by atoms with van der Waals surface area (Å²) in [4.78, 5) is 4.39. The molecule has 2 aromatic heterocycles. The molecule has 0 fully saturated rings. The highest BCUT2D eigenvalue weighted by molar-refractivity contribution is 7.91. The number of methoxy groups -OCH3 is 1. The van der Waals surface area contributed by atoms with Crippen LogP contribution in [0.25, 0.3) is 0 Å². The molecule has 1 N–H and O–H groups in total. The molecular formula is C12H16N4O3S2. The molecule has 0 bridgehead atoms. The van der Waals surface area contributed by atoms with Crippen LogP contribution in [0, 0.1) is 0 Å². The van der Waals surface area contributed by atoms with Crippen LogP contribution in [-0.2, 0) is 27.9 Å². The Hall–Kier alpha value is -1.29. The van der Waals surface area contributed by atoms with Gasteiger partial charge >= 0.3 is 0 Å². The maximum atomic E-state index is 12.3. The van der Waals surface area contributed by atoms with Crippen LogP contribution in [0.3, 0.4) is 0 Å². The molecule has 9 heteroatoms. The number of rotatable bonds is 5. The quantitative estimate of drug-likeness (QED) is 0.894. The summed E-state index contributed by atoms with van der Waals surface area (Å²) in [6.45, 7) is 1.08. The molecule has 1 aliphatic rings. The molecule has 0 spiro atoms. The van der Waals surface area contributed by atoms with Crippen molar-refractivity contribution in [2.24, 2.45) is 0 Å². The highest BCUT2D eigenvalue weighted by atomic mass is 32.2. The van der Waals surface area contributed by atoms with Crippen LogP contribution in [0.2, 0.25) is 0 Å². The van der Waals surface area contributed by atoms with Crippen LogP contribution in [0.1, 0.15) is 30.5 Å². The molecule has 3 heterocycles. The van der Waals surface area contributed by atoms with Gasteiger partial charge in [-0.25, -0.2) is 18.1 Å². The number of fused-ring (bicyclic) bond motifs is 1. The molecule has 0 unspecified atom stereocenters. The zero-order valence-electron chi connectivity index (χ0n) is 11.5. The number of aryl methyl sites for hydroxylation is 1. The minimum absolute atomic E-state index is 0.316. The molecule has 0 radical (unpaired) electrons. The third kappa shape index (κ3) is 3.00. The van der Waals surface area contributed by atoms with Gasteiger partial charge in [0, 0.05) is 13.7 Å². The van der Waals surface area contributed by atoms with Crippen molar-refractivity contribution in [1.29, 1.82) is 0 Å². The summed E-state index contributed by atoms with van der Waals surface area (Å²) in [7, 11) is -1.93. The van der Waals surface area contributed by atoms with Crippen molar-refractivity contribution in [1.82, 2.24) is 19.5 Å². The van der Waals surface area contributed by atoms with E-state index in [9.17, 15) is 8.42 Å². The number of nitrogens with zero attached hydrogens (tertiary/aromatic N) is 3. The molecular weight excluding hydrogens is 312 g/mol. The molecule has 0 amide bonds. The lowest BCUT2D eigenvalue weighted by Gasteiger charge is -2.22. The van der Waals surface area contributed by atoms with E-state index in [0.717, 1.165) is 19.4 Å². The maximum Gasteiger partial charge on any atom is 0.250 e. The number of aromatic nitrogens is 3. The summed E-state index contributed by atoms with van der Waals surface area (Å²) in [5.74, 6) is 1.24. The SMILES string of the molecule is COCc1nc2n(n1)CCC[C@H]2NS(=O)(=O)c1cccs1. The average molecular weight is 328 g/mol. The van der Waals surface area contributed by atoms with Crippen molar-refractivity contribution in [3.63, 3.8) is 0 Å². The second-order valence-electron chi connectivity index (χ2n) is 4.79. The molecule has 114 valence electrons. The molecule has 7 nitrogen and oxygen atoms in total. The number of thiophene rings is 1. The fourth-order valence-corrected chi connectivity index (χ4v) is 4.60. The minimum Gasteiger partial charge on any atom is -0.377 e. The first-order valence-corrected chi connectivity index (χ1v) is 8.95. The molecule has 3 rings (SSSR count). The van der Waals surface area contributed by atoms with Gasteiger partial charge in [-0.2, -0.15) is 9.82 Å². The van der Waals surface area contributed by atoms with E-state index in [0.29, 0.717) is 22.5 Å². The number of ether oxygens (including phenoxy) is 1. The van der Waals surface area contributed by atoms with Crippen molar-refractivity contribution in [2.45, 2.75) is 36.2 Å². The van der Waals surface area contributed by atoms with E-state index in [1.165, 1.54) is 11.3 Å². The summed E-state index contributed by atoms with van der Waals surface area (Å²) in [6.07, 6.45) is 1.58. The second-order valence-corrected chi connectivity index (χ2v) is 7.68. The third-order valence-corrected chi connectivity index (χ3v) is 6.12. The smallest absolute Gasteiger partial charge is 0.250 e. The van der Waals surface area contributed by atoms with Crippen LogP contribution in [0.5, 0.6) is 0 Å². The zero-order valence-corrected chi connectivity index (χ0v) is 13.2. The summed E-state index contributed by atoms with van der Waals surface area (Å²) in [5, 5.41) is 6.08. The maximum absolute atomic E-state index is 12.3. The lowest BCUT2D eigenvalue weighted by molar-refractivity contribution is 0.177. The first-order chi connectivity index (χ1) is 10.1. The Kier molecular flexibility index (Phi) is 4.07. The van der Waals surface area contributed by atoms with Gasteiger partial charge in [-0.3, -0.25) is 0 Å². The lowest BCUT2D eigenvalue weighted by Crippen LogP contribution is -2.33. The summed E-state index contributed by atoms with van der Waals surface area (Å²) >= 11 is 1.20. The molecule has 1 aliphatic heterocycles. The number of sulfonamides is 1. The Morgan fingerprint density at radius 2 is 2.43 bits per heavy atom. The molecule has 2 aromatic rings. The Morgan fingerprint density at radius 3 is 3.14 bits per heavy atom. The zero-order chi connectivity index (χ0) is 14.9. The van der Waals surface area contributed by atoms with Crippen LogP contribution in [0.4, 0.5) is 0 Å². The van der Waals surface area contributed by atoms with Crippen LogP contribution < -0.4 is 4.72 Å². The van der Waals surface area contributed by atoms with Gasteiger partial charge in [0.05, 0.1) is 6.04 Å². The Labute approximate surface area is 127 Å². The standard InChI is InChI=1S/C12H16N4O3S2/c1-19-8-10-13-12-9(4-2-6-16(12)14-10)15-21(17,18)11-5-3-7-20-11/h3,5,7,9,15H,2,4,6,8H2,1H3/t9-/m1/s1. The predicted octanol–water partition coefficient (Wildman–Crippen LogP) is 1.30. The predicted molar refractivity (Wildman–Crippen MR) is 77.4 cm³/mol. The normalized spacial score (nSPS) is 18.6. The van der Waals surface area contributed by atoms with Crippen LogP contribution in [-0.4, -0.2) is 30.3 Å². The van der Waals surface area contributed by atoms with Gasteiger partial charge in [-0.1, -0.05) is 6.07 Å². The first kappa shape index (κ1) is 14.6. The van der Waals surface area contributed by atoms with E-state index in [-0.39, 0.29) is 6.04 Å². The molecule has 0 saturated carbocycles. The molecule has 21 heavy (non-hydrogen) atoms. The Balaban J connectivity index is 1.85. The second kappa shape index (κ2) is 5.84. The van der Waals surface area contributed by atoms with Crippen LogP contribution in [0.15, 0.2) is 21.7 Å². The minimum atomic E-state index is -3.51. The van der Waals surface area contributed by atoms with Crippen molar-refractivity contribution in [3.05, 3.63) is 29.2 Å². The van der Waals surface area contributed by atoms with E-state index in [4.69, 9.17) is 4.74 Å². The molecule has 0 aliphatic carbocycles. The van der Waals surface area contributed by atoms with E-state index in [1.807, 2.05) is 0 Å². The highest BCUT2D eigenvalue weighted by Crippen LogP contribution is 2.26. The fourth-order valence-electron chi connectivity index (χ4n) is 2.36. The van der Waals surface area contributed by atoms with E-state index in [2.05, 4.69) is 14.8 Å². The summed E-state index contributed by atoms with van der Waals surface area (Å²) in [5.41, 5.74) is 0. The number of hydrogen-bond donors (Lipinski definition) is 1. The Bertz CT molecular complexity index is 709. The lowest BCUT2D eigenvalue weighted by atomic mass is 10.1. The monoisotopic (exact) mass is 328 g/mol. The fraction of sp³-hybridized carbons (Fsp3) is 0.500. The van der Waals surface area contributed by atoms with Gasteiger partial charge in [0.1, 0.15) is 16.6 Å². The third-order valence-electron chi connectivity index (χ3n) is 3.25. The van der Waals surface area contributed by atoms with E-state index >= 15 is 0 Å². The summed E-state index contributed by atoms with van der Waals surface area (Å²) < 4.78 is 34.5.